The molecule has 4 aliphatic heterocycles. The van der Waals surface area contributed by atoms with Crippen molar-refractivity contribution >= 4 is 67.3 Å². The van der Waals surface area contributed by atoms with Crippen LogP contribution in [0.1, 0.15) is 48.6 Å². The molecule has 12 rings (SSSR count). The van der Waals surface area contributed by atoms with E-state index in [2.05, 4.69) is 287 Å². The summed E-state index contributed by atoms with van der Waals surface area (Å²) in [6.45, 7) is 18.5. The van der Waals surface area contributed by atoms with E-state index in [1.54, 1.807) is 0 Å². The molecule has 0 amide bonds. The normalized spacial score (nSPS) is 15.7. The highest BCUT2D eigenvalue weighted by Crippen LogP contribution is 2.46. The molecule has 4 aliphatic rings. The van der Waals surface area contributed by atoms with Gasteiger partial charge in [0.25, 0.3) is 0 Å². The van der Waals surface area contributed by atoms with Crippen LogP contribution in [0.4, 0.5) is 45.5 Å². The van der Waals surface area contributed by atoms with E-state index < -0.39 is 0 Å². The molecule has 8 aromatic rings. The molecule has 0 saturated carbocycles. The standard InChI is InChI=1S/C62H61N9/c1-44-8-16-48(17-9-44)63-28-30-67(40-63)52-24-26-55-56-27-25-53(68-31-29-64(41-68)49-18-10-45(2)11-19-49)37-58(56)71(57(55)36-52)54-38-59(69-34-32-65(42-69)50-20-12-46(3)13-21-50)61(62(5,6)7)60(39-54)70-35-33-66(43-70)51-22-14-47(4)15-23-51/h8-39H,40-43H2,1-7H3. The van der Waals surface area contributed by atoms with Crippen LogP contribution in [0, 0.1) is 27.7 Å². The van der Waals surface area contributed by atoms with Gasteiger partial charge >= 0.3 is 0 Å². The molecule has 0 bridgehead atoms. The first-order chi connectivity index (χ1) is 34.4. The molecular weight excluding hydrogens is 871 g/mol. The fourth-order valence-electron chi connectivity index (χ4n) is 10.5. The predicted molar refractivity (Wildman–Crippen MR) is 300 cm³/mol. The van der Waals surface area contributed by atoms with Crippen LogP contribution in [0.5, 0.6) is 0 Å². The van der Waals surface area contributed by atoms with E-state index in [9.17, 15) is 0 Å². The first-order valence-electron chi connectivity index (χ1n) is 24.8. The highest BCUT2D eigenvalue weighted by molar-refractivity contribution is 6.11. The first-order valence-corrected chi connectivity index (χ1v) is 24.8. The topological polar surface area (TPSA) is 30.9 Å². The summed E-state index contributed by atoms with van der Waals surface area (Å²) < 4.78 is 2.53. The van der Waals surface area contributed by atoms with Gasteiger partial charge in [-0.05, 0) is 118 Å². The van der Waals surface area contributed by atoms with Crippen LogP contribution >= 0.6 is 0 Å². The zero-order chi connectivity index (χ0) is 48.5. The number of aryl methyl sites for hydroxylation is 4. The van der Waals surface area contributed by atoms with E-state index in [1.165, 1.54) is 72.7 Å². The Morgan fingerprint density at radius 3 is 0.873 bits per heavy atom. The Morgan fingerprint density at radius 1 is 0.296 bits per heavy atom. The molecule has 0 fully saturated rings. The number of hydrogen-bond acceptors (Lipinski definition) is 8. The van der Waals surface area contributed by atoms with Gasteiger partial charge in [-0.15, -0.1) is 0 Å². The molecule has 0 atom stereocenters. The Morgan fingerprint density at radius 2 is 0.563 bits per heavy atom. The largest absolute Gasteiger partial charge is 0.328 e. The molecule has 9 heteroatoms. The number of benzene rings is 7. The van der Waals surface area contributed by atoms with Crippen LogP contribution in [0.25, 0.3) is 27.5 Å². The van der Waals surface area contributed by atoms with Crippen LogP contribution in [0.2, 0.25) is 0 Å². The van der Waals surface area contributed by atoms with E-state index in [4.69, 9.17) is 0 Å². The smallest absolute Gasteiger partial charge is 0.0989 e. The van der Waals surface area contributed by atoms with Gasteiger partial charge in [-0.2, -0.15) is 0 Å². The maximum Gasteiger partial charge on any atom is 0.0989 e. The van der Waals surface area contributed by atoms with Crippen LogP contribution in [-0.2, 0) is 5.41 Å². The number of anilines is 8. The lowest BCUT2D eigenvalue weighted by molar-refractivity contribution is 0.589. The maximum absolute atomic E-state index is 2.53. The van der Waals surface area contributed by atoms with Crippen LogP contribution in [-0.4, -0.2) is 31.2 Å². The van der Waals surface area contributed by atoms with Gasteiger partial charge < -0.3 is 43.8 Å². The van der Waals surface area contributed by atoms with E-state index in [0.717, 1.165) is 41.4 Å². The van der Waals surface area contributed by atoms with Crippen molar-refractivity contribution < 1.29 is 0 Å². The Hall–Kier alpha value is -8.30. The summed E-state index contributed by atoms with van der Waals surface area (Å²) >= 11 is 0. The van der Waals surface area contributed by atoms with Gasteiger partial charge in [-0.25, -0.2) is 0 Å². The third-order valence-corrected chi connectivity index (χ3v) is 14.5. The minimum absolute atomic E-state index is 0.211. The molecule has 0 spiro atoms. The Bertz CT molecular complexity index is 3210. The molecule has 0 N–H and O–H groups in total. The Balaban J connectivity index is 1.03. The fourth-order valence-corrected chi connectivity index (χ4v) is 10.5. The van der Waals surface area contributed by atoms with Crippen molar-refractivity contribution in [1.29, 1.82) is 0 Å². The summed E-state index contributed by atoms with van der Waals surface area (Å²) in [6, 6.07) is 54.2. The molecule has 354 valence electrons. The maximum atomic E-state index is 2.53. The number of fused-ring (bicyclic) bond motifs is 3. The lowest BCUT2D eigenvalue weighted by Gasteiger charge is -2.34. The minimum Gasteiger partial charge on any atom is -0.328 e. The molecule has 1 aromatic heterocycles. The lowest BCUT2D eigenvalue weighted by atomic mass is 9.83. The molecule has 0 saturated heterocycles. The number of rotatable bonds is 9. The summed E-state index contributed by atoms with van der Waals surface area (Å²) in [5.41, 5.74) is 18.9. The van der Waals surface area contributed by atoms with Crippen molar-refractivity contribution in [3.05, 3.63) is 223 Å². The van der Waals surface area contributed by atoms with Crippen LogP contribution in [0.3, 0.4) is 0 Å². The van der Waals surface area contributed by atoms with Gasteiger partial charge in [0.1, 0.15) is 0 Å². The molecule has 0 radical (unpaired) electrons. The Kier molecular flexibility index (Phi) is 10.7. The van der Waals surface area contributed by atoms with Crippen molar-refractivity contribution in [3.8, 4) is 5.69 Å². The van der Waals surface area contributed by atoms with Crippen LogP contribution in [0.15, 0.2) is 195 Å². The number of nitrogens with zero attached hydrogens (tertiary/aromatic N) is 9. The van der Waals surface area contributed by atoms with Crippen molar-refractivity contribution in [2.45, 2.75) is 53.9 Å². The zero-order valence-electron chi connectivity index (χ0n) is 41.8. The van der Waals surface area contributed by atoms with Crippen molar-refractivity contribution in [1.82, 2.24) is 4.57 Å². The average molecular weight is 932 g/mol. The third kappa shape index (κ3) is 8.21. The van der Waals surface area contributed by atoms with E-state index in [1.807, 2.05) is 0 Å². The summed E-state index contributed by atoms with van der Waals surface area (Å²) in [5.74, 6) is 0. The molecule has 7 aromatic carbocycles. The molecule has 71 heavy (non-hydrogen) atoms. The predicted octanol–water partition coefficient (Wildman–Crippen LogP) is 14.3. The van der Waals surface area contributed by atoms with Gasteiger partial charge in [0, 0.05) is 100 Å². The number of aromatic nitrogens is 1. The Labute approximate surface area is 418 Å². The molecule has 0 unspecified atom stereocenters. The molecule has 5 heterocycles. The number of hydrogen-bond donors (Lipinski definition) is 0. The van der Waals surface area contributed by atoms with Crippen molar-refractivity contribution in [3.63, 3.8) is 0 Å². The van der Waals surface area contributed by atoms with Gasteiger partial charge in [-0.1, -0.05) is 104 Å². The van der Waals surface area contributed by atoms with Crippen molar-refractivity contribution in [2.24, 2.45) is 0 Å². The van der Waals surface area contributed by atoms with Gasteiger partial charge in [-0.3, -0.25) is 0 Å². The van der Waals surface area contributed by atoms with E-state index >= 15 is 0 Å². The van der Waals surface area contributed by atoms with Crippen LogP contribution < -0.4 is 39.2 Å². The quantitative estimate of drug-likeness (QED) is 0.142. The average Bonchev–Trinajstić information content (AvgIpc) is 4.24. The van der Waals surface area contributed by atoms with Gasteiger partial charge in [0.2, 0.25) is 0 Å². The molecule has 0 aliphatic carbocycles. The molecule has 9 nitrogen and oxygen atoms in total. The van der Waals surface area contributed by atoms with Gasteiger partial charge in [0.05, 0.1) is 54.8 Å². The highest BCUT2D eigenvalue weighted by atomic mass is 15.4. The summed E-state index contributed by atoms with van der Waals surface area (Å²) in [5, 5.41) is 2.43. The minimum atomic E-state index is -0.211. The van der Waals surface area contributed by atoms with Gasteiger partial charge in [0.15, 0.2) is 0 Å². The highest BCUT2D eigenvalue weighted by Gasteiger charge is 2.32. The summed E-state index contributed by atoms with van der Waals surface area (Å²) in [4.78, 5) is 18.9. The van der Waals surface area contributed by atoms with E-state index in [0.29, 0.717) is 13.3 Å². The van der Waals surface area contributed by atoms with E-state index in [-0.39, 0.29) is 5.41 Å². The molecular formula is C62H61N9. The van der Waals surface area contributed by atoms with Crippen molar-refractivity contribution in [2.75, 3.05) is 65.9 Å². The fraction of sp³-hybridized carbons (Fsp3) is 0.194. The zero-order valence-corrected chi connectivity index (χ0v) is 41.8. The second-order valence-corrected chi connectivity index (χ2v) is 20.7. The SMILES string of the molecule is Cc1ccc(N2C=CN(c3ccc4c5ccc(N6C=CN(c7ccc(C)cc7)C6)cc5n(-c5cc(N6C=CN(c7ccc(C)cc7)C6)c(C(C)(C)C)c(N6C=CN(c7ccc(C)cc7)C6)c5)c4c3)C2)cc1. The monoisotopic (exact) mass is 932 g/mol. The second-order valence-electron chi connectivity index (χ2n) is 20.7. The first kappa shape index (κ1) is 43.9. The summed E-state index contributed by atoms with van der Waals surface area (Å²) in [6.07, 6.45) is 17.8. The second kappa shape index (κ2) is 17.3. The lowest BCUT2D eigenvalue weighted by Crippen LogP contribution is -2.31. The summed E-state index contributed by atoms with van der Waals surface area (Å²) in [7, 11) is 0. The third-order valence-electron chi connectivity index (χ3n) is 14.5.